The zero-order chi connectivity index (χ0) is 20.1. The van der Waals surface area contributed by atoms with Crippen molar-refractivity contribution in [1.82, 2.24) is 5.43 Å². The quantitative estimate of drug-likeness (QED) is 0.392. The van der Waals surface area contributed by atoms with Gasteiger partial charge in [-0.1, -0.05) is 60.7 Å². The summed E-state index contributed by atoms with van der Waals surface area (Å²) in [5, 5.41) is 8.33. The Bertz CT molecular complexity index is 1200. The number of ether oxygens (including phenoxy) is 2. The largest absolute Gasteiger partial charge is 0.496 e. The minimum Gasteiger partial charge on any atom is -0.496 e. The van der Waals surface area contributed by atoms with Gasteiger partial charge in [-0.25, -0.2) is 5.43 Å². The van der Waals surface area contributed by atoms with E-state index in [2.05, 4.69) is 10.5 Å². The van der Waals surface area contributed by atoms with Crippen LogP contribution in [-0.4, -0.2) is 25.8 Å². The van der Waals surface area contributed by atoms with Gasteiger partial charge in [-0.2, -0.15) is 5.10 Å². The highest BCUT2D eigenvalue weighted by Crippen LogP contribution is 2.26. The van der Waals surface area contributed by atoms with Gasteiger partial charge >= 0.3 is 0 Å². The zero-order valence-corrected chi connectivity index (χ0v) is 16.0. The molecule has 4 rings (SSSR count). The van der Waals surface area contributed by atoms with Gasteiger partial charge in [0.15, 0.2) is 6.61 Å². The van der Waals surface area contributed by atoms with E-state index < -0.39 is 0 Å². The highest BCUT2D eigenvalue weighted by Gasteiger charge is 2.07. The Morgan fingerprint density at radius 3 is 2.48 bits per heavy atom. The number of hydrogen-bond acceptors (Lipinski definition) is 4. The predicted molar refractivity (Wildman–Crippen MR) is 116 cm³/mol. The Morgan fingerprint density at radius 2 is 1.66 bits per heavy atom. The van der Waals surface area contributed by atoms with E-state index in [1.807, 2.05) is 78.9 Å². The van der Waals surface area contributed by atoms with Crippen LogP contribution in [0, 0.1) is 0 Å². The van der Waals surface area contributed by atoms with Crippen LogP contribution in [0.1, 0.15) is 5.56 Å². The average molecular weight is 384 g/mol. The highest BCUT2D eigenvalue weighted by atomic mass is 16.5. The van der Waals surface area contributed by atoms with Crippen molar-refractivity contribution >= 4 is 33.7 Å². The summed E-state index contributed by atoms with van der Waals surface area (Å²) in [6.45, 7) is -0.123. The van der Waals surface area contributed by atoms with Gasteiger partial charge in [0.25, 0.3) is 5.91 Å². The Labute approximate surface area is 168 Å². The van der Waals surface area contributed by atoms with Crippen LogP contribution < -0.4 is 14.9 Å². The fraction of sp³-hybridized carbons (Fsp3) is 0.0833. The molecule has 29 heavy (non-hydrogen) atoms. The van der Waals surface area contributed by atoms with Crippen molar-refractivity contribution in [3.05, 3.63) is 84.4 Å². The van der Waals surface area contributed by atoms with Crippen LogP contribution in [0.3, 0.4) is 0 Å². The molecule has 0 aromatic heterocycles. The molecule has 0 aliphatic carbocycles. The van der Waals surface area contributed by atoms with Crippen molar-refractivity contribution < 1.29 is 14.3 Å². The second-order valence-corrected chi connectivity index (χ2v) is 6.49. The summed E-state index contributed by atoms with van der Waals surface area (Å²) >= 11 is 0. The van der Waals surface area contributed by atoms with E-state index in [1.165, 1.54) is 0 Å². The summed E-state index contributed by atoms with van der Waals surface area (Å²) < 4.78 is 11.0. The van der Waals surface area contributed by atoms with Gasteiger partial charge in [0.05, 0.1) is 13.3 Å². The van der Waals surface area contributed by atoms with Crippen LogP contribution in [-0.2, 0) is 4.79 Å². The summed E-state index contributed by atoms with van der Waals surface area (Å²) in [6, 6.07) is 25.5. The molecule has 0 radical (unpaired) electrons. The van der Waals surface area contributed by atoms with Crippen LogP contribution in [0.5, 0.6) is 11.5 Å². The SMILES string of the molecule is COc1ccc2ccccc2c1/C=N/NC(=O)COc1ccc2ccccc2c1. The fourth-order valence-electron chi connectivity index (χ4n) is 3.19. The van der Waals surface area contributed by atoms with Gasteiger partial charge in [-0.15, -0.1) is 0 Å². The van der Waals surface area contributed by atoms with Gasteiger partial charge in [-0.3, -0.25) is 4.79 Å². The first-order valence-electron chi connectivity index (χ1n) is 9.24. The van der Waals surface area contributed by atoms with E-state index in [1.54, 1.807) is 13.3 Å². The Balaban J connectivity index is 1.41. The Hall–Kier alpha value is -3.86. The first kappa shape index (κ1) is 18.5. The fourth-order valence-corrected chi connectivity index (χ4v) is 3.19. The molecular weight excluding hydrogens is 364 g/mol. The number of methoxy groups -OCH3 is 1. The van der Waals surface area contributed by atoms with Crippen molar-refractivity contribution in [2.75, 3.05) is 13.7 Å². The number of benzene rings is 4. The number of amides is 1. The molecule has 0 aliphatic rings. The van der Waals surface area contributed by atoms with Crippen LogP contribution >= 0.6 is 0 Å². The first-order chi connectivity index (χ1) is 14.2. The second-order valence-electron chi connectivity index (χ2n) is 6.49. The van der Waals surface area contributed by atoms with Crippen LogP contribution in [0.2, 0.25) is 0 Å². The van der Waals surface area contributed by atoms with Gasteiger partial charge in [0, 0.05) is 5.56 Å². The molecular formula is C24H20N2O3. The third-order valence-electron chi connectivity index (χ3n) is 4.62. The van der Waals surface area contributed by atoms with Crippen molar-refractivity contribution in [3.8, 4) is 11.5 Å². The number of carbonyl (C=O) groups is 1. The van der Waals surface area contributed by atoms with Crippen molar-refractivity contribution in [1.29, 1.82) is 0 Å². The van der Waals surface area contributed by atoms with Gasteiger partial charge in [-0.05, 0) is 39.7 Å². The summed E-state index contributed by atoms with van der Waals surface area (Å²) in [6.07, 6.45) is 1.59. The molecule has 0 unspecified atom stereocenters. The molecule has 144 valence electrons. The normalized spacial score (nSPS) is 11.1. The van der Waals surface area contributed by atoms with E-state index >= 15 is 0 Å². The maximum absolute atomic E-state index is 12.1. The monoisotopic (exact) mass is 384 g/mol. The summed E-state index contributed by atoms with van der Waals surface area (Å²) in [7, 11) is 1.61. The molecule has 0 fully saturated rings. The molecule has 0 atom stereocenters. The van der Waals surface area contributed by atoms with E-state index in [4.69, 9.17) is 9.47 Å². The number of nitrogens with zero attached hydrogens (tertiary/aromatic N) is 1. The predicted octanol–water partition coefficient (Wildman–Crippen LogP) is 4.53. The lowest BCUT2D eigenvalue weighted by molar-refractivity contribution is -0.123. The smallest absolute Gasteiger partial charge is 0.277 e. The zero-order valence-electron chi connectivity index (χ0n) is 16.0. The van der Waals surface area contributed by atoms with Crippen molar-refractivity contribution in [3.63, 3.8) is 0 Å². The molecule has 0 bridgehead atoms. The number of rotatable bonds is 6. The van der Waals surface area contributed by atoms with E-state index in [-0.39, 0.29) is 12.5 Å². The van der Waals surface area contributed by atoms with E-state index in [9.17, 15) is 4.79 Å². The maximum atomic E-state index is 12.1. The summed E-state index contributed by atoms with van der Waals surface area (Å²) in [4.78, 5) is 12.1. The van der Waals surface area contributed by atoms with Crippen molar-refractivity contribution in [2.45, 2.75) is 0 Å². The number of carbonyl (C=O) groups excluding carboxylic acids is 1. The molecule has 1 N–H and O–H groups in total. The minimum absolute atomic E-state index is 0.123. The summed E-state index contributed by atoms with van der Waals surface area (Å²) in [5.74, 6) is 0.987. The van der Waals surface area contributed by atoms with Gasteiger partial charge < -0.3 is 9.47 Å². The molecule has 5 nitrogen and oxygen atoms in total. The average Bonchev–Trinajstić information content (AvgIpc) is 2.77. The van der Waals surface area contributed by atoms with Crippen LogP contribution in [0.15, 0.2) is 84.0 Å². The van der Waals surface area contributed by atoms with E-state index in [0.29, 0.717) is 11.5 Å². The number of nitrogens with one attached hydrogen (secondary N) is 1. The van der Waals surface area contributed by atoms with Gasteiger partial charge in [0.1, 0.15) is 11.5 Å². The number of hydrogen-bond donors (Lipinski definition) is 1. The molecule has 0 heterocycles. The topological polar surface area (TPSA) is 59.9 Å². The van der Waals surface area contributed by atoms with E-state index in [0.717, 1.165) is 27.1 Å². The molecule has 0 spiro atoms. The molecule has 1 amide bonds. The lowest BCUT2D eigenvalue weighted by Crippen LogP contribution is -2.24. The minimum atomic E-state index is -0.339. The second kappa shape index (κ2) is 8.44. The maximum Gasteiger partial charge on any atom is 0.277 e. The third-order valence-corrected chi connectivity index (χ3v) is 4.62. The molecule has 0 aliphatic heterocycles. The molecule has 4 aromatic carbocycles. The Kier molecular flexibility index (Phi) is 5.38. The Morgan fingerprint density at radius 1 is 0.931 bits per heavy atom. The number of fused-ring (bicyclic) bond motifs is 2. The molecule has 0 saturated heterocycles. The van der Waals surface area contributed by atoms with Gasteiger partial charge in [0.2, 0.25) is 0 Å². The van der Waals surface area contributed by atoms with Crippen molar-refractivity contribution in [2.24, 2.45) is 5.10 Å². The lowest BCUT2D eigenvalue weighted by atomic mass is 10.0. The lowest BCUT2D eigenvalue weighted by Gasteiger charge is -2.09. The molecule has 0 saturated carbocycles. The molecule has 5 heteroatoms. The van der Waals surface area contributed by atoms with Crippen LogP contribution in [0.4, 0.5) is 0 Å². The summed E-state index contributed by atoms with van der Waals surface area (Å²) in [5.41, 5.74) is 3.31. The highest BCUT2D eigenvalue weighted by molar-refractivity contribution is 6.02. The third kappa shape index (κ3) is 4.19. The standard InChI is InChI=1S/C24H20N2O3/c1-28-23-13-11-18-7-4-5-9-21(18)22(23)15-25-26-24(27)16-29-20-12-10-17-6-2-3-8-19(17)14-20/h2-15H,16H2,1H3,(H,26,27)/b25-15+. The van der Waals surface area contributed by atoms with Crippen LogP contribution in [0.25, 0.3) is 21.5 Å². The first-order valence-corrected chi connectivity index (χ1v) is 9.24. The molecule has 4 aromatic rings. The number of hydrazone groups is 1.